The molecule has 0 rings (SSSR count). The first kappa shape index (κ1) is 28.1. The summed E-state index contributed by atoms with van der Waals surface area (Å²) in [6.45, 7) is 3.70. The normalized spacial score (nSPS) is 14.1. The van der Waals surface area contributed by atoms with Gasteiger partial charge in [-0.3, -0.25) is 0 Å². The van der Waals surface area contributed by atoms with E-state index in [-0.39, 0.29) is 35.7 Å². The zero-order valence-electron chi connectivity index (χ0n) is 16.8. The van der Waals surface area contributed by atoms with Crippen molar-refractivity contribution >= 4 is 10.1 Å². The van der Waals surface area contributed by atoms with Gasteiger partial charge in [0, 0.05) is 5.25 Å². The molecule has 0 aliphatic carbocycles. The summed E-state index contributed by atoms with van der Waals surface area (Å²) in [5, 5.41) is 9.11. The van der Waals surface area contributed by atoms with Gasteiger partial charge >= 0.3 is 29.6 Å². The smallest absolute Gasteiger partial charge is 0.748 e. The van der Waals surface area contributed by atoms with E-state index in [1.165, 1.54) is 64.7 Å². The summed E-state index contributed by atoms with van der Waals surface area (Å²) in [6, 6.07) is 0. The van der Waals surface area contributed by atoms with Crippen LogP contribution in [0.2, 0.25) is 0 Å². The van der Waals surface area contributed by atoms with Gasteiger partial charge in [0.05, 0.1) is 16.2 Å². The first-order valence-corrected chi connectivity index (χ1v) is 11.5. The van der Waals surface area contributed by atoms with Gasteiger partial charge in [0.25, 0.3) is 0 Å². The van der Waals surface area contributed by atoms with Crippen molar-refractivity contribution in [1.82, 2.24) is 0 Å². The Bertz CT molecular complexity index is 374. The Kier molecular flexibility index (Phi) is 20.5. The molecule has 4 nitrogen and oxygen atoms in total. The van der Waals surface area contributed by atoms with E-state index >= 15 is 0 Å². The minimum Gasteiger partial charge on any atom is -0.748 e. The first-order chi connectivity index (χ1) is 11.4. The molecule has 2 atom stereocenters. The molecule has 0 aromatic carbocycles. The minimum absolute atomic E-state index is 0. The Balaban J connectivity index is 0. The predicted molar refractivity (Wildman–Crippen MR) is 100 cm³/mol. The molecule has 0 bridgehead atoms. The average molecular weight is 387 g/mol. The van der Waals surface area contributed by atoms with E-state index in [0.29, 0.717) is 19.3 Å². The van der Waals surface area contributed by atoms with Crippen LogP contribution in [0, 0.1) is 0 Å². The Morgan fingerprint density at radius 2 is 1.12 bits per heavy atom. The molecule has 0 aromatic rings. The van der Waals surface area contributed by atoms with E-state index in [1.807, 2.05) is 0 Å². The molecule has 6 heteroatoms. The first-order valence-electron chi connectivity index (χ1n) is 10.0. The Morgan fingerprint density at radius 3 is 1.56 bits per heavy atom. The van der Waals surface area contributed by atoms with Gasteiger partial charge in [0.1, 0.15) is 0 Å². The maximum atomic E-state index is 10.8. The summed E-state index contributed by atoms with van der Waals surface area (Å²) >= 11 is 0. The van der Waals surface area contributed by atoms with E-state index in [2.05, 4.69) is 6.92 Å². The number of aliphatic hydroxyl groups excluding tert-OH is 1. The molecule has 2 unspecified atom stereocenters. The largest absolute Gasteiger partial charge is 1.00 e. The maximum absolute atomic E-state index is 10.8. The number of rotatable bonds is 17. The van der Waals surface area contributed by atoms with Gasteiger partial charge in [-0.1, -0.05) is 84.0 Å². The van der Waals surface area contributed by atoms with Crippen LogP contribution in [-0.4, -0.2) is 29.4 Å². The number of hydrogen-bond acceptors (Lipinski definition) is 4. The molecule has 25 heavy (non-hydrogen) atoms. The van der Waals surface area contributed by atoms with Crippen molar-refractivity contribution < 1.29 is 47.6 Å². The standard InChI is InChI=1S/C19H40O4S.Na/c1-3-4-5-6-7-8-9-10-11-12-16-19(20)17-14-13-15-18(2)24(21,22)23;/h18-20H,3-17H2,1-2H3,(H,21,22,23);/q;+1/p-1. The summed E-state index contributed by atoms with van der Waals surface area (Å²) in [4.78, 5) is 0. The predicted octanol–water partition coefficient (Wildman–Crippen LogP) is 2.16. The quantitative estimate of drug-likeness (QED) is 0.236. The molecule has 0 heterocycles. The summed E-state index contributed by atoms with van der Waals surface area (Å²) in [6.07, 6.45) is 16.1. The third-order valence-electron chi connectivity index (χ3n) is 4.78. The minimum atomic E-state index is -4.15. The van der Waals surface area contributed by atoms with Crippen molar-refractivity contribution in [2.75, 3.05) is 0 Å². The van der Waals surface area contributed by atoms with Crippen LogP contribution in [0.25, 0.3) is 0 Å². The number of aliphatic hydroxyl groups is 1. The maximum Gasteiger partial charge on any atom is 1.00 e. The summed E-state index contributed by atoms with van der Waals surface area (Å²) in [5.41, 5.74) is 0. The Hall–Kier alpha value is 0.870. The van der Waals surface area contributed by atoms with Crippen molar-refractivity contribution in [3.63, 3.8) is 0 Å². The van der Waals surface area contributed by atoms with Crippen LogP contribution in [0.15, 0.2) is 0 Å². The van der Waals surface area contributed by atoms with Crippen molar-refractivity contribution in [3.05, 3.63) is 0 Å². The summed E-state index contributed by atoms with van der Waals surface area (Å²) < 4.78 is 32.3. The van der Waals surface area contributed by atoms with Crippen LogP contribution in [0.3, 0.4) is 0 Å². The summed E-state index contributed by atoms with van der Waals surface area (Å²) in [7, 11) is -4.15. The van der Waals surface area contributed by atoms with Gasteiger partial charge in [0.15, 0.2) is 0 Å². The number of hydrogen-bond donors (Lipinski definition) is 1. The molecule has 0 aliphatic rings. The molecular weight excluding hydrogens is 347 g/mol. The van der Waals surface area contributed by atoms with Gasteiger partial charge in [-0.25, -0.2) is 8.42 Å². The third kappa shape index (κ3) is 19.4. The van der Waals surface area contributed by atoms with Crippen LogP contribution in [0.5, 0.6) is 0 Å². The van der Waals surface area contributed by atoms with Crippen LogP contribution in [-0.2, 0) is 10.1 Å². The van der Waals surface area contributed by atoms with E-state index in [9.17, 15) is 18.1 Å². The van der Waals surface area contributed by atoms with Crippen LogP contribution < -0.4 is 29.6 Å². The molecule has 0 radical (unpaired) electrons. The van der Waals surface area contributed by atoms with Gasteiger partial charge in [-0.2, -0.15) is 0 Å². The molecule has 0 saturated heterocycles. The van der Waals surface area contributed by atoms with Gasteiger partial charge in [-0.05, 0) is 26.2 Å². The molecular formula is C19H39NaO4S. The molecule has 0 spiro atoms. The van der Waals surface area contributed by atoms with Crippen molar-refractivity contribution in [2.45, 2.75) is 122 Å². The molecule has 0 fully saturated rings. The Labute approximate surface area is 178 Å². The number of unbranched alkanes of at least 4 members (excludes halogenated alkanes) is 10. The SMILES string of the molecule is CCCCCCCCCCCCC(O)CCCCC(C)S(=O)(=O)[O-].[Na+]. The second-order valence-electron chi connectivity index (χ2n) is 7.21. The zero-order valence-corrected chi connectivity index (χ0v) is 19.7. The molecule has 1 N–H and O–H groups in total. The molecule has 0 aromatic heterocycles. The average Bonchev–Trinajstić information content (AvgIpc) is 2.52. The second-order valence-corrected chi connectivity index (χ2v) is 9.00. The van der Waals surface area contributed by atoms with E-state index in [0.717, 1.165) is 19.3 Å². The fourth-order valence-electron chi connectivity index (χ4n) is 2.97. The van der Waals surface area contributed by atoms with E-state index < -0.39 is 15.4 Å². The second kappa shape index (κ2) is 18.2. The fourth-order valence-corrected chi connectivity index (χ4v) is 3.42. The van der Waals surface area contributed by atoms with Gasteiger partial charge in [-0.15, -0.1) is 0 Å². The van der Waals surface area contributed by atoms with Crippen molar-refractivity contribution in [1.29, 1.82) is 0 Å². The van der Waals surface area contributed by atoms with Gasteiger partial charge < -0.3 is 9.66 Å². The molecule has 146 valence electrons. The van der Waals surface area contributed by atoms with Gasteiger partial charge in [0.2, 0.25) is 0 Å². The fraction of sp³-hybridized carbons (Fsp3) is 1.00. The van der Waals surface area contributed by atoms with Crippen LogP contribution >= 0.6 is 0 Å². The van der Waals surface area contributed by atoms with Crippen molar-refractivity contribution in [3.8, 4) is 0 Å². The molecule has 0 amide bonds. The molecule has 0 saturated carbocycles. The van der Waals surface area contributed by atoms with Crippen molar-refractivity contribution in [2.24, 2.45) is 0 Å². The zero-order chi connectivity index (χ0) is 18.3. The Morgan fingerprint density at radius 1 is 0.760 bits per heavy atom. The van der Waals surface area contributed by atoms with E-state index in [4.69, 9.17) is 0 Å². The molecule has 0 aliphatic heterocycles. The van der Waals surface area contributed by atoms with Crippen LogP contribution in [0.4, 0.5) is 0 Å². The van der Waals surface area contributed by atoms with Crippen LogP contribution in [0.1, 0.15) is 110 Å². The monoisotopic (exact) mass is 386 g/mol. The third-order valence-corrected chi connectivity index (χ3v) is 6.00. The summed E-state index contributed by atoms with van der Waals surface area (Å²) in [5.74, 6) is 0. The van der Waals surface area contributed by atoms with E-state index in [1.54, 1.807) is 0 Å². The topological polar surface area (TPSA) is 77.4 Å².